The normalized spacial score (nSPS) is 21.3. The first-order valence-corrected chi connectivity index (χ1v) is 11.7. The number of H-pyrrole nitrogens is 1. The standard InChI is InChI=1S/C23H27F3N8O/c1-13-2-3-14(10-28-13)31-22-30-12-17(23(24,25)26)19(33-22)16-11-29-20-15(16)4-5-18(32-20)21(35)34-8-6-27-7-9-34/h4-5,11-14,27-28H,2-3,6-10H2,1H3,(H,29,32)(H,30,31,33)/t13-,14-/m0/s1. The molecule has 0 unspecified atom stereocenters. The van der Waals surface area contributed by atoms with Gasteiger partial charge in [-0.05, 0) is 31.9 Å². The second-order valence-electron chi connectivity index (χ2n) is 9.02. The van der Waals surface area contributed by atoms with E-state index in [0.29, 0.717) is 49.8 Å². The van der Waals surface area contributed by atoms with E-state index in [9.17, 15) is 18.0 Å². The summed E-state index contributed by atoms with van der Waals surface area (Å²) in [4.78, 5) is 30.0. The van der Waals surface area contributed by atoms with Crippen LogP contribution in [0.25, 0.3) is 22.3 Å². The van der Waals surface area contributed by atoms with Gasteiger partial charge in [-0.1, -0.05) is 0 Å². The van der Waals surface area contributed by atoms with Crippen molar-refractivity contribution in [3.63, 3.8) is 0 Å². The Morgan fingerprint density at radius 2 is 1.97 bits per heavy atom. The molecule has 0 spiro atoms. The Morgan fingerprint density at radius 3 is 2.69 bits per heavy atom. The maximum absolute atomic E-state index is 13.9. The molecule has 35 heavy (non-hydrogen) atoms. The number of halogens is 3. The number of hydrogen-bond acceptors (Lipinski definition) is 7. The summed E-state index contributed by atoms with van der Waals surface area (Å²) in [5.41, 5.74) is -0.343. The Hall–Kier alpha value is -3.25. The lowest BCUT2D eigenvalue weighted by molar-refractivity contribution is -0.137. The first kappa shape index (κ1) is 23.5. The average Bonchev–Trinajstić information content (AvgIpc) is 3.28. The van der Waals surface area contributed by atoms with E-state index in [0.717, 1.165) is 19.0 Å². The Balaban J connectivity index is 1.48. The Labute approximate surface area is 199 Å². The molecule has 2 saturated heterocycles. The molecule has 5 heterocycles. The van der Waals surface area contributed by atoms with Gasteiger partial charge in [-0.2, -0.15) is 13.2 Å². The number of nitrogens with zero attached hydrogens (tertiary/aromatic N) is 4. The molecular formula is C23H27F3N8O. The third-order valence-electron chi connectivity index (χ3n) is 6.51. The monoisotopic (exact) mass is 488 g/mol. The van der Waals surface area contributed by atoms with Gasteiger partial charge in [-0.15, -0.1) is 0 Å². The van der Waals surface area contributed by atoms with Crippen LogP contribution in [0.4, 0.5) is 19.1 Å². The third kappa shape index (κ3) is 4.94. The zero-order valence-corrected chi connectivity index (χ0v) is 19.2. The number of fused-ring (bicyclic) bond motifs is 1. The van der Waals surface area contributed by atoms with E-state index in [4.69, 9.17) is 0 Å². The lowest BCUT2D eigenvalue weighted by Gasteiger charge is -2.28. The highest BCUT2D eigenvalue weighted by atomic mass is 19.4. The molecule has 0 radical (unpaired) electrons. The second-order valence-corrected chi connectivity index (χ2v) is 9.02. The van der Waals surface area contributed by atoms with Gasteiger partial charge in [-0.25, -0.2) is 15.0 Å². The van der Waals surface area contributed by atoms with Gasteiger partial charge in [0, 0.05) is 68.2 Å². The molecule has 0 bridgehead atoms. The van der Waals surface area contributed by atoms with Crippen molar-refractivity contribution in [2.24, 2.45) is 0 Å². The second kappa shape index (κ2) is 9.42. The number of carbonyl (C=O) groups is 1. The minimum atomic E-state index is -4.63. The fraction of sp³-hybridized carbons (Fsp3) is 0.478. The van der Waals surface area contributed by atoms with Gasteiger partial charge in [-0.3, -0.25) is 4.79 Å². The minimum Gasteiger partial charge on any atom is -0.350 e. The number of aromatic nitrogens is 4. The Kier molecular flexibility index (Phi) is 6.32. The summed E-state index contributed by atoms with van der Waals surface area (Å²) in [7, 11) is 0. The van der Waals surface area contributed by atoms with E-state index >= 15 is 0 Å². The summed E-state index contributed by atoms with van der Waals surface area (Å²) in [6, 6.07) is 3.59. The van der Waals surface area contributed by atoms with Crippen molar-refractivity contribution in [1.82, 2.24) is 35.5 Å². The van der Waals surface area contributed by atoms with Gasteiger partial charge in [0.1, 0.15) is 16.9 Å². The number of pyridine rings is 1. The molecule has 0 aliphatic carbocycles. The number of anilines is 1. The van der Waals surface area contributed by atoms with Crippen molar-refractivity contribution in [3.05, 3.63) is 35.8 Å². The molecule has 9 nitrogen and oxygen atoms in total. The SMILES string of the molecule is C[C@H]1CC[C@H](Nc2ncc(C(F)(F)F)c(-c3c[nH]c4nc(C(=O)N5CCNCC5)ccc34)n2)CN1. The van der Waals surface area contributed by atoms with Crippen LogP contribution < -0.4 is 16.0 Å². The first-order chi connectivity index (χ1) is 16.8. The lowest BCUT2D eigenvalue weighted by atomic mass is 10.0. The van der Waals surface area contributed by atoms with E-state index in [-0.39, 0.29) is 34.8 Å². The number of hydrogen-bond donors (Lipinski definition) is 4. The van der Waals surface area contributed by atoms with Crippen LogP contribution in [0.3, 0.4) is 0 Å². The summed E-state index contributed by atoms with van der Waals surface area (Å²) >= 11 is 0. The van der Waals surface area contributed by atoms with E-state index in [2.05, 4.69) is 42.8 Å². The molecule has 5 rings (SSSR count). The zero-order valence-electron chi connectivity index (χ0n) is 19.2. The molecule has 2 aliphatic heterocycles. The molecular weight excluding hydrogens is 461 g/mol. The molecule has 186 valence electrons. The molecule has 12 heteroatoms. The highest BCUT2D eigenvalue weighted by Crippen LogP contribution is 2.38. The predicted octanol–water partition coefficient (Wildman–Crippen LogP) is 2.64. The van der Waals surface area contributed by atoms with Gasteiger partial charge >= 0.3 is 6.18 Å². The van der Waals surface area contributed by atoms with Crippen LogP contribution >= 0.6 is 0 Å². The van der Waals surface area contributed by atoms with E-state index < -0.39 is 11.7 Å². The average molecular weight is 489 g/mol. The zero-order chi connectivity index (χ0) is 24.6. The predicted molar refractivity (Wildman–Crippen MR) is 125 cm³/mol. The van der Waals surface area contributed by atoms with E-state index in [1.54, 1.807) is 17.0 Å². The summed E-state index contributed by atoms with van der Waals surface area (Å²) in [5, 5.41) is 10.1. The van der Waals surface area contributed by atoms with Gasteiger partial charge < -0.3 is 25.8 Å². The number of nitrogens with one attached hydrogen (secondary N) is 4. The van der Waals surface area contributed by atoms with Crippen molar-refractivity contribution in [2.45, 2.75) is 38.0 Å². The number of alkyl halides is 3. The van der Waals surface area contributed by atoms with E-state index in [1.807, 2.05) is 0 Å². The van der Waals surface area contributed by atoms with Gasteiger partial charge in [0.25, 0.3) is 5.91 Å². The van der Waals surface area contributed by atoms with Crippen LogP contribution in [0.5, 0.6) is 0 Å². The molecule has 3 aromatic heterocycles. The molecule has 0 saturated carbocycles. The molecule has 2 fully saturated rings. The van der Waals surface area contributed by atoms with Gasteiger partial charge in [0.2, 0.25) is 5.95 Å². The summed E-state index contributed by atoms with van der Waals surface area (Å²) < 4.78 is 41.6. The van der Waals surface area contributed by atoms with Crippen molar-refractivity contribution in [3.8, 4) is 11.3 Å². The van der Waals surface area contributed by atoms with E-state index in [1.165, 1.54) is 6.20 Å². The summed E-state index contributed by atoms with van der Waals surface area (Å²) in [5.74, 6) is -0.0633. The van der Waals surface area contributed by atoms with Crippen molar-refractivity contribution < 1.29 is 18.0 Å². The van der Waals surface area contributed by atoms with Crippen LogP contribution in [-0.4, -0.2) is 75.6 Å². The van der Waals surface area contributed by atoms with Crippen LogP contribution in [0, 0.1) is 0 Å². The van der Waals surface area contributed by atoms with Crippen LogP contribution in [0.1, 0.15) is 35.8 Å². The number of carbonyl (C=O) groups excluding carboxylic acids is 1. The number of aromatic amines is 1. The fourth-order valence-corrected chi connectivity index (χ4v) is 4.52. The molecule has 0 aromatic carbocycles. The summed E-state index contributed by atoms with van der Waals surface area (Å²) in [6.07, 6.45) is -0.548. The highest BCUT2D eigenvalue weighted by molar-refractivity contribution is 5.98. The number of piperazine rings is 1. The summed E-state index contributed by atoms with van der Waals surface area (Å²) in [6.45, 7) is 5.35. The van der Waals surface area contributed by atoms with Crippen LogP contribution in [0.2, 0.25) is 0 Å². The van der Waals surface area contributed by atoms with Crippen LogP contribution in [0.15, 0.2) is 24.5 Å². The molecule has 2 atom stereocenters. The van der Waals surface area contributed by atoms with Crippen molar-refractivity contribution >= 4 is 22.9 Å². The minimum absolute atomic E-state index is 0.0268. The van der Waals surface area contributed by atoms with Gasteiger partial charge in [0.15, 0.2) is 0 Å². The molecule has 3 aromatic rings. The van der Waals surface area contributed by atoms with Gasteiger partial charge in [0.05, 0.1) is 5.69 Å². The largest absolute Gasteiger partial charge is 0.419 e. The number of rotatable bonds is 4. The van der Waals surface area contributed by atoms with Crippen molar-refractivity contribution in [1.29, 1.82) is 0 Å². The molecule has 4 N–H and O–H groups in total. The smallest absolute Gasteiger partial charge is 0.350 e. The number of piperidine rings is 1. The molecule has 2 aliphatic rings. The maximum atomic E-state index is 13.9. The maximum Gasteiger partial charge on any atom is 0.419 e. The molecule has 1 amide bonds. The Morgan fingerprint density at radius 1 is 1.17 bits per heavy atom. The van der Waals surface area contributed by atoms with Crippen LogP contribution in [-0.2, 0) is 6.18 Å². The highest BCUT2D eigenvalue weighted by Gasteiger charge is 2.36. The fourth-order valence-electron chi connectivity index (χ4n) is 4.52. The topological polar surface area (TPSA) is 111 Å². The lowest BCUT2D eigenvalue weighted by Crippen LogP contribution is -2.46. The first-order valence-electron chi connectivity index (χ1n) is 11.7. The quantitative estimate of drug-likeness (QED) is 0.447. The van der Waals surface area contributed by atoms with Crippen molar-refractivity contribution in [2.75, 3.05) is 38.0 Å². The number of amides is 1. The third-order valence-corrected chi connectivity index (χ3v) is 6.51. The Bertz CT molecular complexity index is 1210.